The average molecular weight is 298 g/mol. The molecule has 0 aliphatic carbocycles. The standard InChI is InChI=1S/C10H12BrN5O/c1-4(2)16-8-6(14-7(11)9(16)17)5(3)13-10(12)15-8/h4H,1-3H3,(H2,12,13,15). The Labute approximate surface area is 106 Å². The van der Waals surface area contributed by atoms with Gasteiger partial charge in [-0.05, 0) is 36.7 Å². The number of nitrogen functional groups attached to an aromatic ring is 1. The Bertz CT molecular complexity index is 649. The summed E-state index contributed by atoms with van der Waals surface area (Å²) in [6.45, 7) is 5.59. The van der Waals surface area contributed by atoms with Crippen molar-refractivity contribution in [1.29, 1.82) is 0 Å². The number of halogens is 1. The molecular weight excluding hydrogens is 286 g/mol. The smallest absolute Gasteiger partial charge is 0.285 e. The second kappa shape index (κ2) is 4.06. The maximum Gasteiger partial charge on any atom is 0.285 e. The van der Waals surface area contributed by atoms with Crippen LogP contribution >= 0.6 is 15.9 Å². The van der Waals surface area contributed by atoms with E-state index >= 15 is 0 Å². The van der Waals surface area contributed by atoms with Crippen LogP contribution in [0.2, 0.25) is 0 Å². The molecule has 0 fully saturated rings. The summed E-state index contributed by atoms with van der Waals surface area (Å²) in [4.78, 5) is 24.3. The number of aryl methyl sites for hydroxylation is 1. The molecule has 2 rings (SSSR count). The van der Waals surface area contributed by atoms with E-state index in [1.165, 1.54) is 0 Å². The highest BCUT2D eigenvalue weighted by Gasteiger charge is 2.15. The zero-order valence-corrected chi connectivity index (χ0v) is 11.3. The van der Waals surface area contributed by atoms with Crippen molar-refractivity contribution in [1.82, 2.24) is 19.5 Å². The molecule has 17 heavy (non-hydrogen) atoms. The fourth-order valence-electron chi connectivity index (χ4n) is 1.69. The highest BCUT2D eigenvalue weighted by Crippen LogP contribution is 2.17. The van der Waals surface area contributed by atoms with Gasteiger partial charge in [0.2, 0.25) is 5.95 Å². The van der Waals surface area contributed by atoms with Gasteiger partial charge in [-0.3, -0.25) is 9.36 Å². The van der Waals surface area contributed by atoms with Crippen LogP contribution in [0.15, 0.2) is 9.40 Å². The van der Waals surface area contributed by atoms with Crippen LogP contribution in [0.25, 0.3) is 11.2 Å². The summed E-state index contributed by atoms with van der Waals surface area (Å²) in [7, 11) is 0. The molecule has 0 aliphatic heterocycles. The molecule has 2 heterocycles. The molecule has 0 unspecified atom stereocenters. The number of hydrogen-bond acceptors (Lipinski definition) is 5. The van der Waals surface area contributed by atoms with E-state index in [4.69, 9.17) is 5.73 Å². The monoisotopic (exact) mass is 297 g/mol. The lowest BCUT2D eigenvalue weighted by molar-refractivity contribution is 0.589. The van der Waals surface area contributed by atoms with E-state index in [1.54, 1.807) is 11.5 Å². The normalized spacial score (nSPS) is 11.4. The van der Waals surface area contributed by atoms with Gasteiger partial charge in [0.15, 0.2) is 10.3 Å². The maximum atomic E-state index is 12.0. The first kappa shape index (κ1) is 12.0. The predicted molar refractivity (Wildman–Crippen MR) is 68.8 cm³/mol. The van der Waals surface area contributed by atoms with Crippen molar-refractivity contribution in [2.24, 2.45) is 0 Å². The molecule has 2 N–H and O–H groups in total. The van der Waals surface area contributed by atoms with Gasteiger partial charge in [0.25, 0.3) is 5.56 Å². The van der Waals surface area contributed by atoms with Crippen LogP contribution in [0.3, 0.4) is 0 Å². The van der Waals surface area contributed by atoms with E-state index in [2.05, 4.69) is 30.9 Å². The molecule has 0 bridgehead atoms. The van der Waals surface area contributed by atoms with Gasteiger partial charge in [-0.25, -0.2) is 9.97 Å². The Kier molecular flexibility index (Phi) is 2.86. The summed E-state index contributed by atoms with van der Waals surface area (Å²) in [6, 6.07) is -0.0296. The van der Waals surface area contributed by atoms with Crippen LogP contribution in [0.1, 0.15) is 25.6 Å². The van der Waals surface area contributed by atoms with Crippen LogP contribution < -0.4 is 11.3 Å². The van der Waals surface area contributed by atoms with Gasteiger partial charge < -0.3 is 5.73 Å². The quantitative estimate of drug-likeness (QED) is 0.860. The highest BCUT2D eigenvalue weighted by atomic mass is 79.9. The molecule has 2 aromatic rings. The van der Waals surface area contributed by atoms with Crippen molar-refractivity contribution in [3.05, 3.63) is 20.7 Å². The molecule has 7 heteroatoms. The molecule has 0 saturated carbocycles. The Morgan fingerprint density at radius 2 is 1.94 bits per heavy atom. The van der Waals surface area contributed by atoms with Crippen molar-refractivity contribution in [2.45, 2.75) is 26.8 Å². The molecule has 0 aliphatic rings. The third-order valence-corrected chi connectivity index (χ3v) is 2.92. The lowest BCUT2D eigenvalue weighted by atomic mass is 10.3. The van der Waals surface area contributed by atoms with E-state index in [1.807, 2.05) is 13.8 Å². The second-order valence-electron chi connectivity index (χ2n) is 4.01. The predicted octanol–water partition coefficient (Wildman–Crippen LogP) is 1.42. The summed E-state index contributed by atoms with van der Waals surface area (Å²) >= 11 is 3.16. The fraction of sp³-hybridized carbons (Fsp3) is 0.400. The lowest BCUT2D eigenvalue weighted by Crippen LogP contribution is -2.25. The summed E-state index contributed by atoms with van der Waals surface area (Å²) in [6.07, 6.45) is 0. The molecule has 0 amide bonds. The number of nitrogens with zero attached hydrogens (tertiary/aromatic N) is 4. The maximum absolute atomic E-state index is 12.0. The van der Waals surface area contributed by atoms with E-state index in [-0.39, 0.29) is 22.2 Å². The number of rotatable bonds is 1. The van der Waals surface area contributed by atoms with Crippen LogP contribution in [0.4, 0.5) is 5.95 Å². The molecule has 0 radical (unpaired) electrons. The number of fused-ring (bicyclic) bond motifs is 1. The Hall–Kier alpha value is -1.50. The molecule has 0 spiro atoms. The lowest BCUT2D eigenvalue weighted by Gasteiger charge is -2.13. The van der Waals surface area contributed by atoms with Gasteiger partial charge in [-0.15, -0.1) is 0 Å². The van der Waals surface area contributed by atoms with E-state index in [0.29, 0.717) is 16.9 Å². The highest BCUT2D eigenvalue weighted by molar-refractivity contribution is 9.10. The van der Waals surface area contributed by atoms with Gasteiger partial charge in [-0.2, -0.15) is 4.98 Å². The van der Waals surface area contributed by atoms with Crippen LogP contribution in [0, 0.1) is 6.92 Å². The third kappa shape index (κ3) is 1.90. The van der Waals surface area contributed by atoms with Crippen LogP contribution in [-0.4, -0.2) is 19.5 Å². The number of nitrogens with two attached hydrogens (primary N) is 1. The first-order chi connectivity index (χ1) is 7.91. The van der Waals surface area contributed by atoms with Crippen molar-refractivity contribution in [3.8, 4) is 0 Å². The number of anilines is 1. The second-order valence-corrected chi connectivity index (χ2v) is 4.76. The van der Waals surface area contributed by atoms with Crippen molar-refractivity contribution in [2.75, 3.05) is 5.73 Å². The minimum Gasteiger partial charge on any atom is -0.368 e. The van der Waals surface area contributed by atoms with E-state index < -0.39 is 0 Å². The zero-order chi connectivity index (χ0) is 12.7. The minimum absolute atomic E-state index is 0.0296. The Morgan fingerprint density at radius 3 is 2.53 bits per heavy atom. The summed E-state index contributed by atoms with van der Waals surface area (Å²) in [5, 5.41) is 0. The van der Waals surface area contributed by atoms with Gasteiger partial charge >= 0.3 is 0 Å². The molecular formula is C10H12BrN5O. The zero-order valence-electron chi connectivity index (χ0n) is 9.73. The molecule has 0 atom stereocenters. The number of aromatic nitrogens is 4. The van der Waals surface area contributed by atoms with E-state index in [0.717, 1.165) is 0 Å². The Morgan fingerprint density at radius 1 is 1.29 bits per heavy atom. The van der Waals surface area contributed by atoms with Gasteiger partial charge in [0, 0.05) is 6.04 Å². The molecule has 90 valence electrons. The number of hydrogen-bond donors (Lipinski definition) is 1. The molecule has 6 nitrogen and oxygen atoms in total. The third-order valence-electron chi connectivity index (χ3n) is 2.41. The van der Waals surface area contributed by atoms with Gasteiger partial charge in [0.1, 0.15) is 5.52 Å². The molecule has 0 aromatic carbocycles. The SMILES string of the molecule is Cc1nc(N)nc2c1nc(Br)c(=O)n2C(C)C. The van der Waals surface area contributed by atoms with Crippen molar-refractivity contribution < 1.29 is 0 Å². The first-order valence-corrected chi connectivity index (χ1v) is 5.93. The summed E-state index contributed by atoms with van der Waals surface area (Å²) in [5.41, 5.74) is 7.10. The first-order valence-electron chi connectivity index (χ1n) is 5.13. The average Bonchev–Trinajstić information content (AvgIpc) is 2.20. The Balaban J connectivity index is 3.03. The van der Waals surface area contributed by atoms with Crippen molar-refractivity contribution >= 4 is 33.0 Å². The molecule has 0 saturated heterocycles. The summed E-state index contributed by atoms with van der Waals surface area (Å²) in [5.74, 6) is 0.146. The summed E-state index contributed by atoms with van der Waals surface area (Å²) < 4.78 is 1.81. The minimum atomic E-state index is -0.218. The fourth-order valence-corrected chi connectivity index (χ4v) is 2.06. The van der Waals surface area contributed by atoms with E-state index in [9.17, 15) is 4.79 Å². The topological polar surface area (TPSA) is 86.7 Å². The largest absolute Gasteiger partial charge is 0.368 e. The van der Waals surface area contributed by atoms with Crippen LogP contribution in [-0.2, 0) is 0 Å². The van der Waals surface area contributed by atoms with Crippen LogP contribution in [0.5, 0.6) is 0 Å². The van der Waals surface area contributed by atoms with Gasteiger partial charge in [0.05, 0.1) is 5.69 Å². The molecule has 2 aromatic heterocycles. The van der Waals surface area contributed by atoms with Crippen molar-refractivity contribution in [3.63, 3.8) is 0 Å². The van der Waals surface area contributed by atoms with Gasteiger partial charge in [-0.1, -0.05) is 0 Å².